The molecule has 1 unspecified atom stereocenters. The average molecular weight is 454 g/mol. The second kappa shape index (κ2) is 7.24. The quantitative estimate of drug-likeness (QED) is 0.371. The van der Waals surface area contributed by atoms with Gasteiger partial charge in [0.2, 0.25) is 0 Å². The molecule has 164 valence electrons. The van der Waals surface area contributed by atoms with Gasteiger partial charge in [0.15, 0.2) is 6.10 Å². The maximum Gasteiger partial charge on any atom is 0.150 e. The summed E-state index contributed by atoms with van der Waals surface area (Å²) < 4.78 is 42.9. The number of allylic oxidation sites excluding steroid dienone is 1. The number of halogens is 3. The topological polar surface area (TPSA) is 21.7 Å². The molecule has 0 bridgehead atoms. The van der Waals surface area contributed by atoms with Crippen LogP contribution in [0.4, 0.5) is 14.6 Å². The smallest absolute Gasteiger partial charge is 0.150 e. The lowest BCUT2D eigenvalue weighted by atomic mass is 9.79. The lowest BCUT2D eigenvalue weighted by Crippen LogP contribution is -2.42. The van der Waals surface area contributed by atoms with Crippen molar-refractivity contribution in [2.45, 2.75) is 32.4 Å². The van der Waals surface area contributed by atoms with Crippen LogP contribution in [-0.2, 0) is 0 Å². The molecule has 3 aromatic rings. The van der Waals surface area contributed by atoms with Crippen LogP contribution >= 0.6 is 11.6 Å². The molecule has 0 amide bonds. The fraction of sp³-hybridized carbons (Fsp3) is 0.231. The maximum atomic E-state index is 15.5. The van der Waals surface area contributed by atoms with Crippen molar-refractivity contribution >= 4 is 22.9 Å². The first-order valence-corrected chi connectivity index (χ1v) is 10.7. The van der Waals surface area contributed by atoms with Crippen molar-refractivity contribution in [3.05, 3.63) is 82.1 Å². The molecule has 3 nitrogen and oxygen atoms in total. The van der Waals surface area contributed by atoms with Crippen molar-refractivity contribution in [2.24, 2.45) is 0 Å². The third-order valence-corrected chi connectivity index (χ3v) is 6.62. The van der Waals surface area contributed by atoms with E-state index in [2.05, 4.69) is 0 Å². The Kier molecular flexibility index (Phi) is 4.71. The van der Waals surface area contributed by atoms with Crippen molar-refractivity contribution in [1.29, 1.82) is 0 Å². The Morgan fingerprint density at radius 1 is 1.03 bits per heavy atom. The van der Waals surface area contributed by atoms with E-state index >= 15 is 8.87 Å². The van der Waals surface area contributed by atoms with Gasteiger partial charge < -0.3 is 9.47 Å². The van der Waals surface area contributed by atoms with Gasteiger partial charge in [-0.2, -0.15) is 5.12 Å². The zero-order chi connectivity index (χ0) is 22.8. The molecule has 0 radical (unpaired) electrons. The lowest BCUT2D eigenvalue weighted by molar-refractivity contribution is 0.240. The molecule has 6 heteroatoms. The number of nitrogens with zero attached hydrogens (tertiary/aromatic N) is 1. The summed E-state index contributed by atoms with van der Waals surface area (Å²) in [6, 6.07) is 16.7. The molecule has 32 heavy (non-hydrogen) atoms. The number of anilines is 1. The van der Waals surface area contributed by atoms with Crippen LogP contribution < -0.4 is 14.6 Å². The van der Waals surface area contributed by atoms with E-state index in [4.69, 9.17) is 21.1 Å². The summed E-state index contributed by atoms with van der Waals surface area (Å²) in [6.45, 7) is 4.74. The Labute approximate surface area is 190 Å². The first-order chi connectivity index (χ1) is 15.3. The first-order valence-electron chi connectivity index (χ1n) is 10.4. The lowest BCUT2D eigenvalue weighted by Gasteiger charge is -2.40. The van der Waals surface area contributed by atoms with Crippen LogP contribution in [0, 0.1) is 0 Å². The summed E-state index contributed by atoms with van der Waals surface area (Å²) in [6.07, 6.45) is -0.558. The standard InChI is InChI=1S/C26H22ClF2NO2/c1-14-20-18(30(29)26(2,3)25(14)28)12-10-16-21-19(13-11-17(27)24(21)31-4)32-23(22(16)20)15-8-6-5-7-9-15/h5-13,23H,1-4H3. The van der Waals surface area contributed by atoms with Gasteiger partial charge in [-0.25, -0.2) is 4.39 Å². The molecule has 2 heterocycles. The molecule has 0 spiro atoms. The molecule has 0 aromatic heterocycles. The molecule has 2 aliphatic heterocycles. The Hall–Kier alpha value is -3.05. The maximum absolute atomic E-state index is 15.5. The van der Waals surface area contributed by atoms with Crippen LogP contribution in [0.25, 0.3) is 16.7 Å². The van der Waals surface area contributed by atoms with E-state index in [-0.39, 0.29) is 0 Å². The van der Waals surface area contributed by atoms with Gasteiger partial charge in [-0.15, -0.1) is 0 Å². The molecule has 0 fully saturated rings. The van der Waals surface area contributed by atoms with Crippen LogP contribution in [0.15, 0.2) is 60.4 Å². The van der Waals surface area contributed by atoms with Crippen LogP contribution in [-0.4, -0.2) is 12.6 Å². The normalized spacial score (nSPS) is 18.5. The minimum absolute atomic E-state index is 0.307. The number of ether oxygens (including phenoxy) is 2. The minimum Gasteiger partial charge on any atom is -0.494 e. The van der Waals surface area contributed by atoms with Gasteiger partial charge in [0.1, 0.15) is 22.9 Å². The number of hydrogen-bond donors (Lipinski definition) is 0. The Bertz CT molecular complexity index is 1270. The van der Waals surface area contributed by atoms with E-state index in [1.54, 1.807) is 32.2 Å². The third kappa shape index (κ3) is 2.77. The molecule has 0 N–H and O–H groups in total. The largest absolute Gasteiger partial charge is 0.494 e. The molecule has 1 atom stereocenters. The summed E-state index contributed by atoms with van der Waals surface area (Å²) in [5.41, 5.74) is 2.81. The molecule has 0 aliphatic carbocycles. The molecule has 0 saturated heterocycles. The summed E-state index contributed by atoms with van der Waals surface area (Å²) in [4.78, 5) is 0. The molecular weight excluding hydrogens is 432 g/mol. The molecular formula is C26H22ClF2NO2. The van der Waals surface area contributed by atoms with Crippen LogP contribution in [0.5, 0.6) is 11.5 Å². The van der Waals surface area contributed by atoms with Gasteiger partial charge in [0, 0.05) is 11.1 Å². The van der Waals surface area contributed by atoms with E-state index in [9.17, 15) is 0 Å². The Morgan fingerprint density at radius 2 is 1.75 bits per heavy atom. The highest BCUT2D eigenvalue weighted by Gasteiger charge is 2.43. The molecule has 0 saturated carbocycles. The minimum atomic E-state index is -1.40. The zero-order valence-corrected chi connectivity index (χ0v) is 18.9. The highest BCUT2D eigenvalue weighted by Crippen LogP contribution is 2.56. The summed E-state index contributed by atoms with van der Waals surface area (Å²) in [7, 11) is 1.54. The van der Waals surface area contributed by atoms with E-state index in [0.717, 1.165) is 11.1 Å². The van der Waals surface area contributed by atoms with Crippen LogP contribution in [0.1, 0.15) is 43.6 Å². The monoisotopic (exact) mass is 453 g/mol. The van der Waals surface area contributed by atoms with Gasteiger partial charge in [0.25, 0.3) is 0 Å². The Morgan fingerprint density at radius 3 is 2.44 bits per heavy atom. The average Bonchev–Trinajstić information content (AvgIpc) is 2.81. The van der Waals surface area contributed by atoms with Crippen molar-refractivity contribution < 1.29 is 18.3 Å². The number of benzene rings is 3. The highest BCUT2D eigenvalue weighted by molar-refractivity contribution is 6.32. The molecule has 5 rings (SSSR count). The van der Waals surface area contributed by atoms with Crippen molar-refractivity contribution in [3.8, 4) is 22.6 Å². The predicted molar refractivity (Wildman–Crippen MR) is 124 cm³/mol. The fourth-order valence-electron chi connectivity index (χ4n) is 4.75. The van der Waals surface area contributed by atoms with E-state index in [0.29, 0.717) is 49.6 Å². The van der Waals surface area contributed by atoms with E-state index < -0.39 is 17.5 Å². The van der Waals surface area contributed by atoms with E-state index in [1.807, 2.05) is 36.4 Å². The first kappa shape index (κ1) is 20.8. The number of fused-ring (bicyclic) bond motifs is 5. The van der Waals surface area contributed by atoms with Crippen LogP contribution in [0.2, 0.25) is 5.02 Å². The van der Waals surface area contributed by atoms with Gasteiger partial charge in [-0.05, 0) is 55.7 Å². The van der Waals surface area contributed by atoms with Crippen LogP contribution in [0.3, 0.4) is 0 Å². The third-order valence-electron chi connectivity index (χ3n) is 6.32. The summed E-state index contributed by atoms with van der Waals surface area (Å²) >= 11 is 6.42. The number of hydrogen-bond acceptors (Lipinski definition) is 3. The van der Waals surface area contributed by atoms with Crippen molar-refractivity contribution in [2.75, 3.05) is 12.2 Å². The summed E-state index contributed by atoms with van der Waals surface area (Å²) in [5.74, 6) is 0.548. The van der Waals surface area contributed by atoms with Crippen molar-refractivity contribution in [3.63, 3.8) is 0 Å². The second-order valence-electron chi connectivity index (χ2n) is 8.56. The van der Waals surface area contributed by atoms with Gasteiger partial charge in [-0.1, -0.05) is 52.5 Å². The SMILES string of the molecule is COc1c(Cl)ccc2c1-c1ccc3c(c1C(c1ccccc1)O2)C(C)=C(F)C(C)(C)N3F. The predicted octanol–water partition coefficient (Wildman–Crippen LogP) is 7.68. The summed E-state index contributed by atoms with van der Waals surface area (Å²) in [5, 5.41) is 0.931. The Balaban J connectivity index is 1.90. The number of rotatable bonds is 2. The van der Waals surface area contributed by atoms with E-state index in [1.165, 1.54) is 13.8 Å². The highest BCUT2D eigenvalue weighted by atomic mass is 35.5. The second-order valence-corrected chi connectivity index (χ2v) is 8.97. The molecule has 3 aromatic carbocycles. The fourth-order valence-corrected chi connectivity index (χ4v) is 4.99. The van der Waals surface area contributed by atoms with Crippen molar-refractivity contribution in [1.82, 2.24) is 0 Å². The molecule has 2 aliphatic rings. The van der Waals surface area contributed by atoms with Gasteiger partial charge in [-0.3, -0.25) is 0 Å². The van der Waals surface area contributed by atoms with Gasteiger partial charge >= 0.3 is 0 Å². The number of methoxy groups -OCH3 is 1. The zero-order valence-electron chi connectivity index (χ0n) is 18.2. The van der Waals surface area contributed by atoms with Gasteiger partial charge in [0.05, 0.1) is 23.4 Å².